The molecule has 0 aromatic heterocycles. The molecule has 0 aliphatic rings. The Hall–Kier alpha value is -1.45. The Morgan fingerprint density at radius 1 is 1.32 bits per heavy atom. The summed E-state index contributed by atoms with van der Waals surface area (Å²) in [5, 5.41) is 0. The molecule has 1 aromatic rings. The average molecular weight is 270 g/mol. The zero-order chi connectivity index (χ0) is 14.3. The Kier molecular flexibility index (Phi) is 6.46. The van der Waals surface area contributed by atoms with Crippen molar-refractivity contribution in [3.63, 3.8) is 0 Å². The van der Waals surface area contributed by atoms with Crippen LogP contribution >= 0.6 is 0 Å². The maximum absolute atomic E-state index is 13.4. The lowest BCUT2D eigenvalue weighted by molar-refractivity contribution is 0.0422. The first-order valence-electron chi connectivity index (χ1n) is 6.70. The van der Waals surface area contributed by atoms with Crippen LogP contribution in [0.5, 0.6) is 0 Å². The fourth-order valence-electron chi connectivity index (χ4n) is 1.82. The van der Waals surface area contributed by atoms with Gasteiger partial charge in [-0.25, -0.2) is 13.6 Å². The number of hydrogen-bond acceptors (Lipinski definition) is 2. The van der Waals surface area contributed by atoms with E-state index in [0.29, 0.717) is 0 Å². The van der Waals surface area contributed by atoms with Gasteiger partial charge in [-0.15, -0.1) is 0 Å². The van der Waals surface area contributed by atoms with Crippen molar-refractivity contribution in [1.29, 1.82) is 0 Å². The zero-order valence-electron chi connectivity index (χ0n) is 11.4. The molecule has 0 spiro atoms. The lowest BCUT2D eigenvalue weighted by Crippen LogP contribution is -2.15. The van der Waals surface area contributed by atoms with Crippen molar-refractivity contribution in [3.8, 4) is 0 Å². The second kappa shape index (κ2) is 7.87. The molecule has 0 radical (unpaired) electrons. The molecule has 1 rings (SSSR count). The molecule has 0 bridgehead atoms. The van der Waals surface area contributed by atoms with Crippen molar-refractivity contribution in [3.05, 3.63) is 35.4 Å². The van der Waals surface area contributed by atoms with E-state index in [1.54, 1.807) is 0 Å². The van der Waals surface area contributed by atoms with Crippen molar-refractivity contribution in [2.45, 2.75) is 39.5 Å². The monoisotopic (exact) mass is 270 g/mol. The molecular weight excluding hydrogens is 250 g/mol. The summed E-state index contributed by atoms with van der Waals surface area (Å²) in [6.45, 7) is 4.38. The second-order valence-electron chi connectivity index (χ2n) is 4.64. The Bertz CT molecular complexity index is 419. The molecule has 0 N–H and O–H groups in total. The van der Waals surface area contributed by atoms with Gasteiger partial charge in [0.15, 0.2) is 0 Å². The number of esters is 1. The molecule has 1 aromatic carbocycles. The van der Waals surface area contributed by atoms with Gasteiger partial charge in [-0.05, 0) is 30.5 Å². The Morgan fingerprint density at radius 2 is 2.05 bits per heavy atom. The second-order valence-corrected chi connectivity index (χ2v) is 4.64. The van der Waals surface area contributed by atoms with E-state index >= 15 is 0 Å². The first-order chi connectivity index (χ1) is 9.08. The highest BCUT2D eigenvalue weighted by molar-refractivity contribution is 5.89. The maximum atomic E-state index is 13.4. The van der Waals surface area contributed by atoms with Crippen LogP contribution in [-0.2, 0) is 4.74 Å². The van der Waals surface area contributed by atoms with Crippen molar-refractivity contribution in [1.82, 2.24) is 0 Å². The zero-order valence-corrected chi connectivity index (χ0v) is 11.4. The quantitative estimate of drug-likeness (QED) is 0.689. The summed E-state index contributed by atoms with van der Waals surface area (Å²) in [5.41, 5.74) is -0.342. The van der Waals surface area contributed by atoms with E-state index < -0.39 is 17.6 Å². The average Bonchev–Trinajstić information content (AvgIpc) is 2.41. The molecule has 0 saturated carbocycles. The van der Waals surface area contributed by atoms with Crippen molar-refractivity contribution >= 4 is 5.97 Å². The first kappa shape index (κ1) is 15.6. The molecule has 2 nitrogen and oxygen atoms in total. The predicted octanol–water partition coefficient (Wildman–Crippen LogP) is 4.34. The molecular formula is C15H20F2O2. The van der Waals surface area contributed by atoms with Crippen molar-refractivity contribution in [2.24, 2.45) is 5.92 Å². The number of rotatable bonds is 7. The standard InChI is InChI=1S/C15H20F2O2/c1-3-5-6-11(4-2)10-19-15(18)13-9-12(16)7-8-14(13)17/h7-9,11H,3-6,10H2,1-2H3. The molecule has 0 amide bonds. The number of carbonyl (C=O) groups excluding carboxylic acids is 1. The van der Waals surface area contributed by atoms with Crippen LogP contribution in [0.1, 0.15) is 49.9 Å². The Balaban J connectivity index is 2.56. The molecule has 0 aliphatic heterocycles. The van der Waals surface area contributed by atoms with Gasteiger partial charge in [-0.1, -0.05) is 33.1 Å². The predicted molar refractivity (Wildman–Crippen MR) is 69.9 cm³/mol. The molecule has 4 heteroatoms. The molecule has 1 atom stereocenters. The molecule has 0 heterocycles. The summed E-state index contributed by atoms with van der Waals surface area (Å²) < 4.78 is 31.4. The third-order valence-electron chi connectivity index (χ3n) is 3.14. The highest BCUT2D eigenvalue weighted by atomic mass is 19.1. The SMILES string of the molecule is CCCCC(CC)COC(=O)c1cc(F)ccc1F. The van der Waals surface area contributed by atoms with E-state index in [-0.39, 0.29) is 18.1 Å². The number of ether oxygens (including phenoxy) is 1. The van der Waals surface area contributed by atoms with Crippen LogP contribution in [0, 0.1) is 17.6 Å². The van der Waals surface area contributed by atoms with Crippen LogP contribution in [0.25, 0.3) is 0 Å². The summed E-state index contributed by atoms with van der Waals surface area (Å²) >= 11 is 0. The largest absolute Gasteiger partial charge is 0.462 e. The Labute approximate surface area is 112 Å². The van der Waals surface area contributed by atoms with Crippen LogP contribution in [0.3, 0.4) is 0 Å². The molecule has 19 heavy (non-hydrogen) atoms. The third kappa shape index (κ3) is 4.97. The van der Waals surface area contributed by atoms with Gasteiger partial charge in [0, 0.05) is 0 Å². The summed E-state index contributed by atoms with van der Waals surface area (Å²) in [4.78, 5) is 11.7. The minimum atomic E-state index is -0.799. The van der Waals surface area contributed by atoms with E-state index in [2.05, 4.69) is 6.92 Å². The molecule has 0 aliphatic carbocycles. The maximum Gasteiger partial charge on any atom is 0.341 e. The van der Waals surface area contributed by atoms with Gasteiger partial charge < -0.3 is 4.74 Å². The number of hydrogen-bond donors (Lipinski definition) is 0. The molecule has 0 fully saturated rings. The van der Waals surface area contributed by atoms with Gasteiger partial charge in [0.2, 0.25) is 0 Å². The fourth-order valence-corrected chi connectivity index (χ4v) is 1.82. The highest BCUT2D eigenvalue weighted by Crippen LogP contribution is 2.15. The van der Waals surface area contributed by atoms with Crippen molar-refractivity contribution < 1.29 is 18.3 Å². The number of carbonyl (C=O) groups is 1. The topological polar surface area (TPSA) is 26.3 Å². The number of benzene rings is 1. The van der Waals surface area contributed by atoms with Gasteiger partial charge in [0.1, 0.15) is 11.6 Å². The Morgan fingerprint density at radius 3 is 2.68 bits per heavy atom. The van der Waals surface area contributed by atoms with E-state index in [9.17, 15) is 13.6 Å². The number of halogens is 2. The van der Waals surface area contributed by atoms with Crippen LogP contribution in [0.15, 0.2) is 18.2 Å². The van der Waals surface area contributed by atoms with Gasteiger partial charge in [-0.3, -0.25) is 0 Å². The van der Waals surface area contributed by atoms with Gasteiger partial charge in [0.05, 0.1) is 12.2 Å². The first-order valence-corrected chi connectivity index (χ1v) is 6.70. The summed E-state index contributed by atoms with van der Waals surface area (Å²) in [7, 11) is 0. The summed E-state index contributed by atoms with van der Waals surface area (Å²) in [6.07, 6.45) is 4.04. The summed E-state index contributed by atoms with van der Waals surface area (Å²) in [5.74, 6) is -1.92. The normalized spacial score (nSPS) is 12.2. The van der Waals surface area contributed by atoms with Crippen molar-refractivity contribution in [2.75, 3.05) is 6.61 Å². The lowest BCUT2D eigenvalue weighted by Gasteiger charge is -2.14. The van der Waals surface area contributed by atoms with E-state index in [1.165, 1.54) is 0 Å². The minimum Gasteiger partial charge on any atom is -0.462 e. The van der Waals surface area contributed by atoms with Crippen LogP contribution < -0.4 is 0 Å². The van der Waals surface area contributed by atoms with Crippen LogP contribution in [-0.4, -0.2) is 12.6 Å². The van der Waals surface area contributed by atoms with Gasteiger partial charge in [-0.2, -0.15) is 0 Å². The summed E-state index contributed by atoms with van der Waals surface area (Å²) in [6, 6.07) is 2.77. The highest BCUT2D eigenvalue weighted by Gasteiger charge is 2.16. The minimum absolute atomic E-state index is 0.255. The smallest absolute Gasteiger partial charge is 0.341 e. The molecule has 1 unspecified atom stereocenters. The van der Waals surface area contributed by atoms with E-state index in [4.69, 9.17) is 4.74 Å². The lowest BCUT2D eigenvalue weighted by atomic mass is 10.0. The van der Waals surface area contributed by atoms with Crippen LogP contribution in [0.4, 0.5) is 8.78 Å². The molecule has 106 valence electrons. The van der Waals surface area contributed by atoms with E-state index in [0.717, 1.165) is 43.9 Å². The van der Waals surface area contributed by atoms with Gasteiger partial charge >= 0.3 is 5.97 Å². The third-order valence-corrected chi connectivity index (χ3v) is 3.14. The van der Waals surface area contributed by atoms with E-state index in [1.807, 2.05) is 6.92 Å². The van der Waals surface area contributed by atoms with Gasteiger partial charge in [0.25, 0.3) is 0 Å². The number of unbranched alkanes of at least 4 members (excludes halogenated alkanes) is 1. The fraction of sp³-hybridized carbons (Fsp3) is 0.533. The molecule has 0 saturated heterocycles. The van der Waals surface area contributed by atoms with Crippen LogP contribution in [0.2, 0.25) is 0 Å².